The highest BCUT2D eigenvalue weighted by Gasteiger charge is 2.19. The zero-order valence-electron chi connectivity index (χ0n) is 49.0. The van der Waals surface area contributed by atoms with E-state index in [-0.39, 0.29) is 31.1 Å². The quantitative estimate of drug-likeness (QED) is 0.0261. The third-order valence-electron chi connectivity index (χ3n) is 13.3. The minimum atomic E-state index is -0.787. The first-order chi connectivity index (χ1) is 37.0. The Morgan fingerprint density at radius 2 is 0.520 bits per heavy atom. The molecule has 0 bridgehead atoms. The number of unbranched alkanes of at least 4 members (excludes halogenated alkanes) is 27. The molecule has 0 amide bonds. The smallest absolute Gasteiger partial charge is 0.306 e. The molecule has 1 unspecified atom stereocenters. The summed E-state index contributed by atoms with van der Waals surface area (Å²) in [5, 5.41) is 0. The summed E-state index contributed by atoms with van der Waals surface area (Å²) in [4.78, 5) is 38.2. The average Bonchev–Trinajstić information content (AvgIpc) is 3.41. The van der Waals surface area contributed by atoms with Gasteiger partial charge in [-0.05, 0) is 109 Å². The van der Waals surface area contributed by atoms with Crippen molar-refractivity contribution in [1.29, 1.82) is 0 Å². The second-order valence-electron chi connectivity index (χ2n) is 20.6. The van der Waals surface area contributed by atoms with Crippen LogP contribution in [-0.2, 0) is 28.6 Å². The third kappa shape index (κ3) is 60.8. The van der Waals surface area contributed by atoms with Crippen LogP contribution < -0.4 is 0 Å². The van der Waals surface area contributed by atoms with Gasteiger partial charge in [0.1, 0.15) is 13.2 Å². The Balaban J connectivity index is 4.30. The van der Waals surface area contributed by atoms with E-state index in [1.807, 2.05) is 0 Å². The minimum Gasteiger partial charge on any atom is -0.462 e. The van der Waals surface area contributed by atoms with Crippen LogP contribution in [0.15, 0.2) is 109 Å². The molecule has 0 radical (unpaired) electrons. The number of ether oxygens (including phenoxy) is 3. The van der Waals surface area contributed by atoms with Gasteiger partial charge in [0.15, 0.2) is 6.10 Å². The molecule has 0 fully saturated rings. The van der Waals surface area contributed by atoms with Crippen molar-refractivity contribution < 1.29 is 28.6 Å². The predicted molar refractivity (Wildman–Crippen MR) is 325 cm³/mol. The van der Waals surface area contributed by atoms with Gasteiger partial charge in [0.05, 0.1) is 0 Å². The Morgan fingerprint density at radius 3 is 0.840 bits per heavy atom. The van der Waals surface area contributed by atoms with Crippen LogP contribution in [0.5, 0.6) is 0 Å². The fraction of sp³-hybridized carbons (Fsp3) is 0.696. The molecule has 0 aromatic carbocycles. The molecule has 0 aromatic heterocycles. The van der Waals surface area contributed by atoms with Crippen LogP contribution in [0.25, 0.3) is 0 Å². The normalized spacial score (nSPS) is 12.8. The summed E-state index contributed by atoms with van der Waals surface area (Å²) in [6.07, 6.45) is 85.2. The third-order valence-corrected chi connectivity index (χ3v) is 13.3. The lowest BCUT2D eigenvalue weighted by atomic mass is 10.1. The first kappa shape index (κ1) is 71.1. The van der Waals surface area contributed by atoms with Gasteiger partial charge in [0, 0.05) is 19.3 Å². The fourth-order valence-electron chi connectivity index (χ4n) is 8.57. The zero-order chi connectivity index (χ0) is 54.3. The molecule has 6 heteroatoms. The summed E-state index contributed by atoms with van der Waals surface area (Å²) in [5.74, 6) is -0.898. The number of esters is 3. The molecule has 6 nitrogen and oxygen atoms in total. The van der Waals surface area contributed by atoms with Gasteiger partial charge in [-0.3, -0.25) is 14.4 Å². The van der Waals surface area contributed by atoms with Crippen LogP contribution in [0.4, 0.5) is 0 Å². The van der Waals surface area contributed by atoms with Crippen LogP contribution in [-0.4, -0.2) is 37.2 Å². The monoisotopic (exact) mass is 1040 g/mol. The molecule has 0 rings (SSSR count). The van der Waals surface area contributed by atoms with Crippen molar-refractivity contribution in [3.63, 3.8) is 0 Å². The Bertz CT molecular complexity index is 1520. The van der Waals surface area contributed by atoms with Crippen LogP contribution in [0.1, 0.15) is 290 Å². The Labute approximate surface area is 463 Å². The van der Waals surface area contributed by atoms with Gasteiger partial charge in [0.2, 0.25) is 0 Å². The van der Waals surface area contributed by atoms with Gasteiger partial charge >= 0.3 is 17.9 Å². The first-order valence-corrected chi connectivity index (χ1v) is 31.4. The van der Waals surface area contributed by atoms with E-state index in [1.165, 1.54) is 128 Å². The highest BCUT2D eigenvalue weighted by Crippen LogP contribution is 2.15. The number of carbonyl (C=O) groups excluding carboxylic acids is 3. The molecule has 0 heterocycles. The molecule has 0 aromatic rings. The van der Waals surface area contributed by atoms with Gasteiger partial charge in [-0.2, -0.15) is 0 Å². The highest BCUT2D eigenvalue weighted by atomic mass is 16.6. The topological polar surface area (TPSA) is 78.9 Å². The zero-order valence-corrected chi connectivity index (χ0v) is 49.0. The largest absolute Gasteiger partial charge is 0.462 e. The van der Waals surface area contributed by atoms with Gasteiger partial charge in [0.25, 0.3) is 0 Å². The van der Waals surface area contributed by atoms with E-state index in [0.29, 0.717) is 19.3 Å². The van der Waals surface area contributed by atoms with Crippen molar-refractivity contribution in [2.45, 2.75) is 297 Å². The van der Waals surface area contributed by atoms with Gasteiger partial charge in [-0.15, -0.1) is 0 Å². The molecule has 1 atom stereocenters. The van der Waals surface area contributed by atoms with Gasteiger partial charge in [-0.1, -0.05) is 271 Å². The maximum atomic E-state index is 12.9. The van der Waals surface area contributed by atoms with Crippen LogP contribution in [0.2, 0.25) is 0 Å². The van der Waals surface area contributed by atoms with Crippen LogP contribution in [0.3, 0.4) is 0 Å². The van der Waals surface area contributed by atoms with E-state index in [4.69, 9.17) is 14.2 Å². The molecule has 0 aliphatic carbocycles. The number of carbonyl (C=O) groups is 3. The van der Waals surface area contributed by atoms with Gasteiger partial charge < -0.3 is 14.2 Å². The minimum absolute atomic E-state index is 0.0832. The maximum Gasteiger partial charge on any atom is 0.306 e. The molecule has 0 saturated heterocycles. The summed E-state index contributed by atoms with van der Waals surface area (Å²) in [6, 6.07) is 0. The van der Waals surface area contributed by atoms with E-state index in [2.05, 4.69) is 130 Å². The number of hydrogen-bond acceptors (Lipinski definition) is 6. The Kier molecular flexibility index (Phi) is 59.3. The van der Waals surface area contributed by atoms with Gasteiger partial charge in [-0.25, -0.2) is 0 Å². The van der Waals surface area contributed by atoms with E-state index >= 15 is 0 Å². The van der Waals surface area contributed by atoms with Crippen molar-refractivity contribution >= 4 is 17.9 Å². The summed E-state index contributed by atoms with van der Waals surface area (Å²) in [7, 11) is 0. The molecule has 0 spiro atoms. The first-order valence-electron chi connectivity index (χ1n) is 31.4. The lowest BCUT2D eigenvalue weighted by molar-refractivity contribution is -0.167. The van der Waals surface area contributed by atoms with Crippen LogP contribution in [0, 0.1) is 0 Å². The maximum absolute atomic E-state index is 12.9. The van der Waals surface area contributed by atoms with Crippen LogP contribution >= 0.6 is 0 Å². The molecule has 75 heavy (non-hydrogen) atoms. The molecule has 0 aliphatic heterocycles. The van der Waals surface area contributed by atoms with E-state index < -0.39 is 6.10 Å². The Hall–Kier alpha value is -3.93. The standard InChI is InChI=1S/C69H116O6/c1-4-7-10-13-16-19-22-24-26-28-29-30-31-32-33-34-35-36-37-38-39-41-42-44-47-50-53-56-59-62-68(71)74-65-66(64-73-67(70)61-58-55-52-49-46-21-18-15-12-9-6-3)75-69(72)63-60-57-54-51-48-45-43-40-27-25-23-20-17-14-11-8-5-2/h7,10,16-17,19-20,24-27,29-30,32-33,35-36,38-39,66H,4-6,8-9,11-15,18,21-23,28,31,34,37,40-65H2,1-3H3/b10-7-,19-16-,20-17-,26-24-,27-25-,30-29-,33-32-,36-35-,39-38-. The van der Waals surface area contributed by atoms with E-state index in [9.17, 15) is 14.4 Å². The lowest BCUT2D eigenvalue weighted by Crippen LogP contribution is -2.30. The summed E-state index contributed by atoms with van der Waals surface area (Å²) >= 11 is 0. The molecule has 0 aliphatic rings. The molecular formula is C69H116O6. The average molecular weight is 1040 g/mol. The molecular weight excluding hydrogens is 925 g/mol. The molecule has 428 valence electrons. The summed E-state index contributed by atoms with van der Waals surface area (Å²) < 4.78 is 16.9. The Morgan fingerprint density at radius 1 is 0.280 bits per heavy atom. The van der Waals surface area contributed by atoms with E-state index in [0.717, 1.165) is 122 Å². The molecule has 0 saturated carbocycles. The van der Waals surface area contributed by atoms with Crippen molar-refractivity contribution in [3.05, 3.63) is 109 Å². The highest BCUT2D eigenvalue weighted by molar-refractivity contribution is 5.71. The lowest BCUT2D eigenvalue weighted by Gasteiger charge is -2.18. The number of allylic oxidation sites excluding steroid dienone is 18. The summed E-state index contributed by atoms with van der Waals surface area (Å²) in [5.41, 5.74) is 0. The second-order valence-corrected chi connectivity index (χ2v) is 20.6. The second kappa shape index (κ2) is 62.6. The number of hydrogen-bond donors (Lipinski definition) is 0. The van der Waals surface area contributed by atoms with Crippen molar-refractivity contribution in [3.8, 4) is 0 Å². The number of rotatable bonds is 56. The van der Waals surface area contributed by atoms with Crippen molar-refractivity contribution in [2.75, 3.05) is 13.2 Å². The molecule has 0 N–H and O–H groups in total. The summed E-state index contributed by atoms with van der Waals surface area (Å²) in [6.45, 7) is 6.49. The SMILES string of the molecule is CC/C=C\C/C=C\C/C=C\C/C=C\C/C=C\C/C=C\C/C=C\CCCCCCCCCC(=O)OCC(COC(=O)CCCCCCCCCCCCC)OC(=O)CCCCCCCCC/C=C\C/C=C\CCCCC. The predicted octanol–water partition coefficient (Wildman–Crippen LogP) is 21.4. The van der Waals surface area contributed by atoms with Crippen molar-refractivity contribution in [2.24, 2.45) is 0 Å². The fourth-order valence-corrected chi connectivity index (χ4v) is 8.57. The van der Waals surface area contributed by atoms with E-state index in [1.54, 1.807) is 0 Å². The van der Waals surface area contributed by atoms with Crippen molar-refractivity contribution in [1.82, 2.24) is 0 Å².